The fourth-order valence-corrected chi connectivity index (χ4v) is 4.24. The van der Waals surface area contributed by atoms with Crippen molar-refractivity contribution in [1.82, 2.24) is 4.90 Å². The summed E-state index contributed by atoms with van der Waals surface area (Å²) in [5.74, 6) is 1.16. The summed E-state index contributed by atoms with van der Waals surface area (Å²) in [6, 6.07) is 7.37. The number of aliphatic hydroxyl groups is 1. The van der Waals surface area contributed by atoms with Crippen LogP contribution >= 0.6 is 0 Å². The van der Waals surface area contributed by atoms with Gasteiger partial charge in [0.2, 0.25) is 0 Å². The van der Waals surface area contributed by atoms with Crippen molar-refractivity contribution in [3.8, 4) is 5.75 Å². The Labute approximate surface area is 149 Å². The first-order valence-electron chi connectivity index (χ1n) is 9.13. The number of nitrogens with zero attached hydrogens (tertiary/aromatic N) is 1. The third-order valence-corrected chi connectivity index (χ3v) is 5.28. The first-order valence-corrected chi connectivity index (χ1v) is 9.13. The van der Waals surface area contributed by atoms with Crippen LogP contribution < -0.4 is 4.74 Å². The van der Waals surface area contributed by atoms with Gasteiger partial charge in [0.15, 0.2) is 0 Å². The van der Waals surface area contributed by atoms with Crippen molar-refractivity contribution in [2.75, 3.05) is 7.11 Å². The molecule has 1 aliphatic carbocycles. The molecule has 1 aliphatic heterocycles. The van der Waals surface area contributed by atoms with E-state index in [0.717, 1.165) is 31.2 Å². The van der Waals surface area contributed by atoms with E-state index >= 15 is 0 Å². The third-order valence-electron chi connectivity index (χ3n) is 5.28. The Hall–Kier alpha value is -1.75. The highest BCUT2D eigenvalue weighted by Gasteiger charge is 2.49. The van der Waals surface area contributed by atoms with Crippen molar-refractivity contribution in [1.29, 1.82) is 0 Å². The van der Waals surface area contributed by atoms with Gasteiger partial charge in [0.25, 0.3) is 0 Å². The molecule has 1 saturated heterocycles. The molecular formula is C20H29NO4. The van der Waals surface area contributed by atoms with Crippen LogP contribution in [0.1, 0.15) is 58.1 Å². The van der Waals surface area contributed by atoms with E-state index in [2.05, 4.69) is 0 Å². The summed E-state index contributed by atoms with van der Waals surface area (Å²) in [5.41, 5.74) is 0.233. The maximum absolute atomic E-state index is 12.8. The molecule has 1 aromatic rings. The van der Waals surface area contributed by atoms with E-state index in [1.165, 1.54) is 0 Å². The Morgan fingerprint density at radius 1 is 1.32 bits per heavy atom. The van der Waals surface area contributed by atoms with Crippen LogP contribution in [0.3, 0.4) is 0 Å². The Morgan fingerprint density at radius 2 is 2.08 bits per heavy atom. The molecular weight excluding hydrogens is 318 g/mol. The second kappa shape index (κ2) is 6.87. The molecule has 2 fully saturated rings. The number of rotatable bonds is 3. The van der Waals surface area contributed by atoms with Gasteiger partial charge in [-0.1, -0.05) is 18.6 Å². The van der Waals surface area contributed by atoms with Crippen molar-refractivity contribution in [2.45, 2.75) is 70.2 Å². The van der Waals surface area contributed by atoms with Gasteiger partial charge in [-0.05, 0) is 63.6 Å². The monoisotopic (exact) mass is 347 g/mol. The molecule has 0 bridgehead atoms. The molecule has 5 nitrogen and oxygen atoms in total. The Morgan fingerprint density at radius 3 is 2.76 bits per heavy atom. The molecule has 0 aromatic heterocycles. The van der Waals surface area contributed by atoms with Gasteiger partial charge >= 0.3 is 6.09 Å². The number of benzene rings is 1. The number of methoxy groups -OCH3 is 1. The van der Waals surface area contributed by atoms with Gasteiger partial charge in [0.05, 0.1) is 19.3 Å². The van der Waals surface area contributed by atoms with Gasteiger partial charge < -0.3 is 14.6 Å². The highest BCUT2D eigenvalue weighted by atomic mass is 16.6. The van der Waals surface area contributed by atoms with E-state index in [-0.39, 0.29) is 18.2 Å². The zero-order valence-electron chi connectivity index (χ0n) is 15.6. The molecule has 1 N–H and O–H groups in total. The molecule has 1 heterocycles. The van der Waals surface area contributed by atoms with Crippen molar-refractivity contribution >= 4 is 6.09 Å². The first kappa shape index (κ1) is 18.1. The number of likely N-dealkylation sites (tertiary alicyclic amines) is 1. The number of amides is 1. The molecule has 2 aliphatic rings. The average Bonchev–Trinajstić information content (AvgIpc) is 3.12. The van der Waals surface area contributed by atoms with Crippen LogP contribution in [0.5, 0.6) is 5.75 Å². The molecule has 3 rings (SSSR count). The van der Waals surface area contributed by atoms with Gasteiger partial charge in [-0.15, -0.1) is 0 Å². The van der Waals surface area contributed by atoms with Crippen molar-refractivity contribution < 1.29 is 19.4 Å². The van der Waals surface area contributed by atoms with E-state index < -0.39 is 11.7 Å². The minimum absolute atomic E-state index is 0.181. The van der Waals surface area contributed by atoms with Crippen LogP contribution in [0.4, 0.5) is 4.79 Å². The van der Waals surface area contributed by atoms with E-state index in [1.54, 1.807) is 7.11 Å². The Balaban J connectivity index is 1.85. The number of ether oxygens (including phenoxy) is 2. The maximum Gasteiger partial charge on any atom is 0.410 e. The van der Waals surface area contributed by atoms with E-state index in [0.29, 0.717) is 11.7 Å². The van der Waals surface area contributed by atoms with E-state index in [9.17, 15) is 9.90 Å². The van der Waals surface area contributed by atoms with Crippen LogP contribution in [-0.2, 0) is 4.74 Å². The minimum Gasteiger partial charge on any atom is -0.497 e. The second-order valence-corrected chi connectivity index (χ2v) is 8.17. The molecule has 0 unspecified atom stereocenters. The number of hydrogen-bond donors (Lipinski definition) is 1. The van der Waals surface area contributed by atoms with Crippen LogP contribution in [0.2, 0.25) is 0 Å². The topological polar surface area (TPSA) is 59.0 Å². The largest absolute Gasteiger partial charge is 0.497 e. The standard InChI is InChI=1S/C20H29NO4/c1-20(2,3)25-19(23)21-16-10-6-7-13(16)12-17(21)18(22)14-8-5-9-15(11-14)24-4/h5,8-9,11,13,16-18,22H,6-7,10,12H2,1-4H3/t13-,16-,17-,18-/m1/s1. The highest BCUT2D eigenvalue weighted by molar-refractivity contribution is 5.70. The van der Waals surface area contributed by atoms with Crippen molar-refractivity contribution in [3.05, 3.63) is 29.8 Å². The summed E-state index contributed by atoms with van der Waals surface area (Å²) in [6.45, 7) is 5.63. The van der Waals surface area contributed by atoms with Gasteiger partial charge in [-0.25, -0.2) is 4.79 Å². The first-order chi connectivity index (χ1) is 11.8. The number of fused-ring (bicyclic) bond motifs is 1. The Kier molecular flexibility index (Phi) is 4.96. The normalized spacial score (nSPS) is 27.1. The highest BCUT2D eigenvalue weighted by Crippen LogP contribution is 2.45. The average molecular weight is 347 g/mol. The minimum atomic E-state index is -0.742. The summed E-state index contributed by atoms with van der Waals surface area (Å²) in [7, 11) is 1.61. The van der Waals surface area contributed by atoms with Gasteiger partial charge in [-0.3, -0.25) is 4.90 Å². The number of aliphatic hydroxyl groups excluding tert-OH is 1. The van der Waals surface area contributed by atoms with Crippen LogP contribution in [0.15, 0.2) is 24.3 Å². The van der Waals surface area contributed by atoms with Gasteiger partial charge in [0, 0.05) is 6.04 Å². The van der Waals surface area contributed by atoms with Crippen LogP contribution in [0, 0.1) is 5.92 Å². The predicted molar refractivity (Wildman–Crippen MR) is 95.6 cm³/mol. The smallest absolute Gasteiger partial charge is 0.410 e. The SMILES string of the molecule is COc1cccc([C@@H](O)[C@H]2C[C@H]3CCC[C@H]3N2C(=O)OC(C)(C)C)c1. The molecule has 0 radical (unpaired) electrons. The molecule has 138 valence electrons. The van der Waals surface area contributed by atoms with Crippen LogP contribution in [-0.4, -0.2) is 40.9 Å². The zero-order chi connectivity index (χ0) is 18.2. The molecule has 1 aromatic carbocycles. The summed E-state index contributed by atoms with van der Waals surface area (Å²) in [4.78, 5) is 14.7. The lowest BCUT2D eigenvalue weighted by atomic mass is 9.96. The number of carbonyl (C=O) groups is 1. The summed E-state index contributed by atoms with van der Waals surface area (Å²) in [5, 5.41) is 11.0. The molecule has 1 amide bonds. The van der Waals surface area contributed by atoms with Gasteiger partial charge in [-0.2, -0.15) is 0 Å². The van der Waals surface area contributed by atoms with Crippen LogP contribution in [0.25, 0.3) is 0 Å². The lowest BCUT2D eigenvalue weighted by molar-refractivity contribution is -0.00502. The number of carbonyl (C=O) groups excluding carboxylic acids is 1. The van der Waals surface area contributed by atoms with E-state index in [4.69, 9.17) is 9.47 Å². The summed E-state index contributed by atoms with van der Waals surface area (Å²) in [6.07, 6.45) is 3.01. The molecule has 0 spiro atoms. The molecule has 25 heavy (non-hydrogen) atoms. The molecule has 4 atom stereocenters. The maximum atomic E-state index is 12.8. The fourth-order valence-electron chi connectivity index (χ4n) is 4.24. The van der Waals surface area contributed by atoms with Crippen molar-refractivity contribution in [3.63, 3.8) is 0 Å². The summed E-state index contributed by atoms with van der Waals surface area (Å²) >= 11 is 0. The zero-order valence-corrected chi connectivity index (χ0v) is 15.6. The lowest BCUT2D eigenvalue weighted by Crippen LogP contribution is -2.46. The number of hydrogen-bond acceptors (Lipinski definition) is 4. The van der Waals surface area contributed by atoms with Crippen molar-refractivity contribution in [2.24, 2.45) is 5.92 Å². The predicted octanol–water partition coefficient (Wildman–Crippen LogP) is 3.91. The quantitative estimate of drug-likeness (QED) is 0.901. The third kappa shape index (κ3) is 3.76. The van der Waals surface area contributed by atoms with E-state index in [1.807, 2.05) is 49.9 Å². The molecule has 5 heteroatoms. The fraction of sp³-hybridized carbons (Fsp3) is 0.650. The Bertz CT molecular complexity index is 624. The lowest BCUT2D eigenvalue weighted by Gasteiger charge is -2.34. The summed E-state index contributed by atoms with van der Waals surface area (Å²) < 4.78 is 10.9. The molecule has 1 saturated carbocycles. The second-order valence-electron chi connectivity index (χ2n) is 8.17. The van der Waals surface area contributed by atoms with Gasteiger partial charge in [0.1, 0.15) is 11.4 Å².